The van der Waals surface area contributed by atoms with Crippen LogP contribution in [0.25, 0.3) is 0 Å². The van der Waals surface area contributed by atoms with E-state index in [0.29, 0.717) is 24.5 Å². The van der Waals surface area contributed by atoms with E-state index in [0.717, 1.165) is 18.5 Å². The quantitative estimate of drug-likeness (QED) is 0.674. The van der Waals surface area contributed by atoms with Crippen LogP contribution in [0.1, 0.15) is 30.6 Å². The molecule has 0 saturated heterocycles. The molecule has 0 aliphatic carbocycles. The molecule has 0 aliphatic heterocycles. The summed E-state index contributed by atoms with van der Waals surface area (Å²) < 4.78 is 10.8. The lowest BCUT2D eigenvalue weighted by atomic mass is 10.2. The van der Waals surface area contributed by atoms with Crippen LogP contribution >= 0.6 is 0 Å². The summed E-state index contributed by atoms with van der Waals surface area (Å²) in [4.78, 5) is 10.7. The van der Waals surface area contributed by atoms with Crippen LogP contribution in [-0.4, -0.2) is 19.5 Å². The first-order valence-electron chi connectivity index (χ1n) is 5.16. The number of hydrogen-bond donors (Lipinski definition) is 0. The molecule has 0 fully saturated rings. The van der Waals surface area contributed by atoms with Gasteiger partial charge in [0.1, 0.15) is 11.5 Å². The number of hydrogen-bond acceptors (Lipinski definition) is 3. The van der Waals surface area contributed by atoms with Gasteiger partial charge in [0.25, 0.3) is 0 Å². The first kappa shape index (κ1) is 11.6. The third-order valence-corrected chi connectivity index (χ3v) is 1.88. The van der Waals surface area contributed by atoms with Crippen molar-refractivity contribution >= 4 is 6.29 Å². The van der Waals surface area contributed by atoms with E-state index in [2.05, 4.69) is 0 Å². The summed E-state index contributed by atoms with van der Waals surface area (Å²) in [5.41, 5.74) is 0.562. The summed E-state index contributed by atoms with van der Waals surface area (Å²) >= 11 is 0. The van der Waals surface area contributed by atoms with Crippen LogP contribution in [0, 0.1) is 0 Å². The zero-order valence-electron chi connectivity index (χ0n) is 9.16. The number of aldehydes is 1. The second kappa shape index (κ2) is 6.06. The molecule has 1 aromatic carbocycles. The van der Waals surface area contributed by atoms with E-state index in [4.69, 9.17) is 9.47 Å². The second-order valence-corrected chi connectivity index (χ2v) is 3.10. The van der Waals surface area contributed by atoms with Crippen molar-refractivity contribution in [2.24, 2.45) is 0 Å². The fourth-order valence-corrected chi connectivity index (χ4v) is 1.21. The Bertz CT molecular complexity index is 321. The van der Waals surface area contributed by atoms with Gasteiger partial charge in [-0.25, -0.2) is 0 Å². The van der Waals surface area contributed by atoms with Gasteiger partial charge in [0.15, 0.2) is 6.29 Å². The number of rotatable bonds is 6. The van der Waals surface area contributed by atoms with Crippen molar-refractivity contribution in [3.8, 4) is 11.5 Å². The maximum absolute atomic E-state index is 10.7. The number of carbonyl (C=O) groups excluding carboxylic acids is 1. The molecule has 0 atom stereocenters. The van der Waals surface area contributed by atoms with Crippen molar-refractivity contribution in [1.29, 1.82) is 0 Å². The van der Waals surface area contributed by atoms with Crippen LogP contribution < -0.4 is 9.47 Å². The normalized spacial score (nSPS) is 9.73. The third kappa shape index (κ3) is 3.27. The molecule has 0 bridgehead atoms. The fourth-order valence-electron chi connectivity index (χ4n) is 1.21. The molecule has 3 nitrogen and oxygen atoms in total. The fraction of sp³-hybridized carbons (Fsp3) is 0.417. The first-order chi connectivity index (χ1) is 7.31. The maximum Gasteiger partial charge on any atom is 0.153 e. The Morgan fingerprint density at radius 2 is 2.07 bits per heavy atom. The summed E-state index contributed by atoms with van der Waals surface area (Å²) in [5, 5.41) is 0. The van der Waals surface area contributed by atoms with Crippen LogP contribution in [0.15, 0.2) is 18.2 Å². The highest BCUT2D eigenvalue weighted by molar-refractivity contribution is 5.79. The van der Waals surface area contributed by atoms with Crippen molar-refractivity contribution < 1.29 is 14.3 Å². The molecule has 82 valence electrons. The molecular formula is C12H16O3. The molecular weight excluding hydrogens is 192 g/mol. The minimum Gasteiger partial charge on any atom is -0.494 e. The van der Waals surface area contributed by atoms with E-state index in [1.165, 1.54) is 0 Å². The first-order valence-corrected chi connectivity index (χ1v) is 5.16. The van der Waals surface area contributed by atoms with Gasteiger partial charge in [-0.2, -0.15) is 0 Å². The zero-order chi connectivity index (χ0) is 11.1. The maximum atomic E-state index is 10.7. The second-order valence-electron chi connectivity index (χ2n) is 3.10. The molecule has 0 N–H and O–H groups in total. The number of carbonyl (C=O) groups is 1. The van der Waals surface area contributed by atoms with Gasteiger partial charge in [-0.3, -0.25) is 4.79 Å². The summed E-state index contributed by atoms with van der Waals surface area (Å²) in [6.45, 7) is 5.15. The van der Waals surface area contributed by atoms with E-state index in [9.17, 15) is 4.79 Å². The molecule has 3 heteroatoms. The van der Waals surface area contributed by atoms with Gasteiger partial charge in [0.05, 0.1) is 18.8 Å². The molecule has 0 spiro atoms. The highest BCUT2D eigenvalue weighted by atomic mass is 16.5. The van der Waals surface area contributed by atoms with Crippen LogP contribution in [0.2, 0.25) is 0 Å². The third-order valence-electron chi connectivity index (χ3n) is 1.88. The van der Waals surface area contributed by atoms with Crippen LogP contribution in [-0.2, 0) is 0 Å². The van der Waals surface area contributed by atoms with Gasteiger partial charge in [-0.15, -0.1) is 0 Å². The van der Waals surface area contributed by atoms with Gasteiger partial charge < -0.3 is 9.47 Å². The van der Waals surface area contributed by atoms with Gasteiger partial charge in [0.2, 0.25) is 0 Å². The Labute approximate surface area is 90.0 Å². The van der Waals surface area contributed by atoms with Crippen molar-refractivity contribution in [1.82, 2.24) is 0 Å². The van der Waals surface area contributed by atoms with Crippen molar-refractivity contribution in [2.75, 3.05) is 13.2 Å². The minimum atomic E-state index is 0.562. The average Bonchev–Trinajstić information content (AvgIpc) is 2.27. The van der Waals surface area contributed by atoms with Crippen LogP contribution in [0.3, 0.4) is 0 Å². The van der Waals surface area contributed by atoms with Gasteiger partial charge in [-0.1, -0.05) is 6.92 Å². The number of ether oxygens (including phenoxy) is 2. The largest absolute Gasteiger partial charge is 0.494 e. The molecule has 1 aromatic rings. The van der Waals surface area contributed by atoms with E-state index >= 15 is 0 Å². The molecule has 0 amide bonds. The van der Waals surface area contributed by atoms with Gasteiger partial charge >= 0.3 is 0 Å². The predicted octanol–water partition coefficient (Wildman–Crippen LogP) is 2.69. The van der Waals surface area contributed by atoms with Crippen molar-refractivity contribution in [3.63, 3.8) is 0 Å². The van der Waals surface area contributed by atoms with Crippen molar-refractivity contribution in [2.45, 2.75) is 20.3 Å². The minimum absolute atomic E-state index is 0.562. The highest BCUT2D eigenvalue weighted by Gasteiger charge is 2.04. The molecule has 1 rings (SSSR count). The van der Waals surface area contributed by atoms with Gasteiger partial charge in [-0.05, 0) is 25.5 Å². The zero-order valence-corrected chi connectivity index (χ0v) is 9.16. The SMILES string of the molecule is CCCOc1cc(OCC)ccc1C=O. The number of benzene rings is 1. The van der Waals surface area contributed by atoms with Crippen LogP contribution in [0.5, 0.6) is 11.5 Å². The Morgan fingerprint density at radius 3 is 2.67 bits per heavy atom. The van der Waals surface area contributed by atoms with Gasteiger partial charge in [0, 0.05) is 6.07 Å². The van der Waals surface area contributed by atoms with Crippen molar-refractivity contribution in [3.05, 3.63) is 23.8 Å². The monoisotopic (exact) mass is 208 g/mol. The molecule has 0 heterocycles. The Hall–Kier alpha value is -1.51. The lowest BCUT2D eigenvalue weighted by molar-refractivity contribution is 0.111. The Balaban J connectivity index is 2.86. The molecule has 0 aliphatic rings. The molecule has 0 aromatic heterocycles. The summed E-state index contributed by atoms with van der Waals surface area (Å²) in [6.07, 6.45) is 1.71. The Kier molecular flexibility index (Phi) is 4.68. The topological polar surface area (TPSA) is 35.5 Å². The average molecular weight is 208 g/mol. The molecule has 0 saturated carbocycles. The smallest absolute Gasteiger partial charge is 0.153 e. The van der Waals surface area contributed by atoms with Crippen LogP contribution in [0.4, 0.5) is 0 Å². The summed E-state index contributed by atoms with van der Waals surface area (Å²) in [7, 11) is 0. The molecule has 0 unspecified atom stereocenters. The van der Waals surface area contributed by atoms with E-state index < -0.39 is 0 Å². The lowest BCUT2D eigenvalue weighted by Crippen LogP contribution is -1.99. The predicted molar refractivity (Wildman–Crippen MR) is 58.8 cm³/mol. The van der Waals surface area contributed by atoms with E-state index in [1.807, 2.05) is 13.8 Å². The highest BCUT2D eigenvalue weighted by Crippen LogP contribution is 2.23. The summed E-state index contributed by atoms with van der Waals surface area (Å²) in [6, 6.07) is 5.23. The molecule has 0 radical (unpaired) electrons. The molecule has 15 heavy (non-hydrogen) atoms. The van der Waals surface area contributed by atoms with E-state index in [1.54, 1.807) is 18.2 Å². The van der Waals surface area contributed by atoms with E-state index in [-0.39, 0.29) is 0 Å². The lowest BCUT2D eigenvalue weighted by Gasteiger charge is -2.09. The standard InChI is InChI=1S/C12H16O3/c1-3-7-15-12-8-11(14-4-2)6-5-10(12)9-13/h5-6,8-9H,3-4,7H2,1-2H3. The summed E-state index contributed by atoms with van der Waals surface area (Å²) in [5.74, 6) is 1.33. The Morgan fingerprint density at radius 1 is 1.27 bits per heavy atom.